The Kier molecular flexibility index (Phi) is 3.23. The smallest absolute Gasteiger partial charge is 0.00420 e. The van der Waals surface area contributed by atoms with Gasteiger partial charge in [0, 0.05) is 12.6 Å². The lowest BCUT2D eigenvalue weighted by Gasteiger charge is -2.28. The van der Waals surface area contributed by atoms with Gasteiger partial charge in [-0.3, -0.25) is 0 Å². The molecule has 1 aliphatic carbocycles. The lowest BCUT2D eigenvalue weighted by atomic mass is 10.0. The fourth-order valence-electron chi connectivity index (χ4n) is 2.79. The molecule has 2 nitrogen and oxygen atoms in total. The van der Waals surface area contributed by atoms with Crippen molar-refractivity contribution in [2.75, 3.05) is 19.6 Å². The second kappa shape index (κ2) is 4.43. The van der Waals surface area contributed by atoms with Crippen molar-refractivity contribution in [2.45, 2.75) is 44.6 Å². The first-order valence-electron chi connectivity index (χ1n) is 5.82. The summed E-state index contributed by atoms with van der Waals surface area (Å²) < 4.78 is 0. The zero-order valence-corrected chi connectivity index (χ0v) is 8.54. The van der Waals surface area contributed by atoms with Crippen molar-refractivity contribution >= 4 is 0 Å². The molecule has 2 aliphatic rings. The van der Waals surface area contributed by atoms with Crippen molar-refractivity contribution in [3.05, 3.63) is 0 Å². The van der Waals surface area contributed by atoms with E-state index < -0.39 is 0 Å². The van der Waals surface area contributed by atoms with E-state index in [-0.39, 0.29) is 0 Å². The number of rotatable bonds is 2. The first-order chi connectivity index (χ1) is 6.34. The summed E-state index contributed by atoms with van der Waals surface area (Å²) in [4.78, 5) is 2.65. The minimum atomic E-state index is 0.509. The normalized spacial score (nSPS) is 36.7. The first kappa shape index (κ1) is 9.47. The minimum absolute atomic E-state index is 0.509. The molecule has 2 fully saturated rings. The molecular formula is C11H22N2. The molecule has 0 radical (unpaired) electrons. The molecule has 1 aliphatic heterocycles. The van der Waals surface area contributed by atoms with Gasteiger partial charge in [0.2, 0.25) is 0 Å². The third kappa shape index (κ3) is 2.68. The van der Waals surface area contributed by atoms with Crippen LogP contribution in [0.5, 0.6) is 0 Å². The fourth-order valence-corrected chi connectivity index (χ4v) is 2.79. The number of likely N-dealkylation sites (tertiary alicyclic amines) is 1. The Morgan fingerprint density at radius 2 is 1.85 bits per heavy atom. The Labute approximate surface area is 81.5 Å². The van der Waals surface area contributed by atoms with Gasteiger partial charge in [0.15, 0.2) is 0 Å². The van der Waals surface area contributed by atoms with Crippen molar-refractivity contribution in [1.29, 1.82) is 0 Å². The fraction of sp³-hybridized carbons (Fsp3) is 1.00. The van der Waals surface area contributed by atoms with Crippen LogP contribution in [0.4, 0.5) is 0 Å². The molecule has 76 valence electrons. The average Bonchev–Trinajstić information content (AvgIpc) is 2.53. The van der Waals surface area contributed by atoms with Crippen LogP contribution in [0.15, 0.2) is 0 Å². The maximum absolute atomic E-state index is 5.91. The number of nitrogens with two attached hydrogens (primary N) is 1. The topological polar surface area (TPSA) is 29.3 Å². The SMILES string of the molecule is NC1CCC(CN2CCCCC2)C1. The van der Waals surface area contributed by atoms with E-state index in [4.69, 9.17) is 5.73 Å². The average molecular weight is 182 g/mol. The highest BCUT2D eigenvalue weighted by Crippen LogP contribution is 2.25. The summed E-state index contributed by atoms with van der Waals surface area (Å²) in [6.45, 7) is 4.01. The Bertz CT molecular complexity index is 149. The van der Waals surface area contributed by atoms with E-state index in [9.17, 15) is 0 Å². The minimum Gasteiger partial charge on any atom is -0.328 e. The van der Waals surface area contributed by atoms with Gasteiger partial charge in [-0.2, -0.15) is 0 Å². The predicted octanol–water partition coefficient (Wildman–Crippen LogP) is 1.60. The molecule has 0 aromatic rings. The van der Waals surface area contributed by atoms with Crippen LogP contribution in [0.25, 0.3) is 0 Å². The number of hydrogen-bond acceptors (Lipinski definition) is 2. The van der Waals surface area contributed by atoms with Gasteiger partial charge in [0.05, 0.1) is 0 Å². The molecule has 0 spiro atoms. The Hall–Kier alpha value is -0.0800. The lowest BCUT2D eigenvalue weighted by Crippen LogP contribution is -2.34. The Morgan fingerprint density at radius 3 is 2.46 bits per heavy atom. The van der Waals surface area contributed by atoms with Crippen LogP contribution in [-0.2, 0) is 0 Å². The van der Waals surface area contributed by atoms with Crippen LogP contribution in [0.1, 0.15) is 38.5 Å². The van der Waals surface area contributed by atoms with E-state index in [1.807, 2.05) is 0 Å². The molecule has 0 aromatic heterocycles. The van der Waals surface area contributed by atoms with Crippen LogP contribution in [-0.4, -0.2) is 30.6 Å². The third-order valence-electron chi connectivity index (χ3n) is 3.55. The highest BCUT2D eigenvalue weighted by molar-refractivity contribution is 4.80. The molecule has 0 aromatic carbocycles. The molecule has 1 heterocycles. The Balaban J connectivity index is 1.71. The summed E-state index contributed by atoms with van der Waals surface area (Å²) in [6, 6.07) is 0.509. The van der Waals surface area contributed by atoms with E-state index in [1.165, 1.54) is 58.2 Å². The highest BCUT2D eigenvalue weighted by atomic mass is 15.1. The zero-order chi connectivity index (χ0) is 9.10. The van der Waals surface area contributed by atoms with Gasteiger partial charge < -0.3 is 10.6 Å². The molecule has 2 N–H and O–H groups in total. The summed E-state index contributed by atoms with van der Waals surface area (Å²) >= 11 is 0. The van der Waals surface area contributed by atoms with Crippen LogP contribution in [0, 0.1) is 5.92 Å². The second-order valence-electron chi connectivity index (χ2n) is 4.80. The molecule has 13 heavy (non-hydrogen) atoms. The maximum atomic E-state index is 5.91. The standard InChI is InChI=1S/C11H22N2/c12-11-5-4-10(8-11)9-13-6-2-1-3-7-13/h10-11H,1-9,12H2. The van der Waals surface area contributed by atoms with Gasteiger partial charge in [0.25, 0.3) is 0 Å². The summed E-state index contributed by atoms with van der Waals surface area (Å²) in [5.74, 6) is 0.910. The van der Waals surface area contributed by atoms with Gasteiger partial charge in [-0.05, 0) is 51.1 Å². The zero-order valence-electron chi connectivity index (χ0n) is 8.54. The Morgan fingerprint density at radius 1 is 1.08 bits per heavy atom. The highest BCUT2D eigenvalue weighted by Gasteiger charge is 2.24. The van der Waals surface area contributed by atoms with Crippen molar-refractivity contribution in [2.24, 2.45) is 11.7 Å². The predicted molar refractivity (Wildman–Crippen MR) is 55.6 cm³/mol. The number of hydrogen-bond donors (Lipinski definition) is 1. The first-order valence-corrected chi connectivity index (χ1v) is 5.82. The van der Waals surface area contributed by atoms with Crippen LogP contribution >= 0.6 is 0 Å². The monoisotopic (exact) mass is 182 g/mol. The van der Waals surface area contributed by atoms with Gasteiger partial charge >= 0.3 is 0 Å². The third-order valence-corrected chi connectivity index (χ3v) is 3.55. The largest absolute Gasteiger partial charge is 0.328 e. The number of nitrogens with zero attached hydrogens (tertiary/aromatic N) is 1. The van der Waals surface area contributed by atoms with Crippen LogP contribution in [0.2, 0.25) is 0 Å². The summed E-state index contributed by atoms with van der Waals surface area (Å²) in [5, 5.41) is 0. The molecule has 2 atom stereocenters. The van der Waals surface area contributed by atoms with Crippen molar-refractivity contribution < 1.29 is 0 Å². The molecule has 0 amide bonds. The van der Waals surface area contributed by atoms with Gasteiger partial charge in [-0.15, -0.1) is 0 Å². The second-order valence-corrected chi connectivity index (χ2v) is 4.80. The van der Waals surface area contributed by atoms with Crippen molar-refractivity contribution in [1.82, 2.24) is 4.90 Å². The molecule has 0 bridgehead atoms. The van der Waals surface area contributed by atoms with Gasteiger partial charge in [-0.1, -0.05) is 6.42 Å². The van der Waals surface area contributed by atoms with Crippen LogP contribution < -0.4 is 5.73 Å². The maximum Gasteiger partial charge on any atom is 0.00420 e. The van der Waals surface area contributed by atoms with Crippen LogP contribution in [0.3, 0.4) is 0 Å². The quantitative estimate of drug-likeness (QED) is 0.703. The molecule has 1 saturated heterocycles. The van der Waals surface area contributed by atoms with E-state index in [0.717, 1.165) is 5.92 Å². The van der Waals surface area contributed by atoms with Gasteiger partial charge in [0.1, 0.15) is 0 Å². The molecule has 2 unspecified atom stereocenters. The summed E-state index contributed by atoms with van der Waals surface area (Å²) in [7, 11) is 0. The van der Waals surface area contributed by atoms with E-state index in [1.54, 1.807) is 0 Å². The summed E-state index contributed by atoms with van der Waals surface area (Å²) in [5.41, 5.74) is 5.91. The van der Waals surface area contributed by atoms with Crippen molar-refractivity contribution in [3.8, 4) is 0 Å². The van der Waals surface area contributed by atoms with Gasteiger partial charge in [-0.25, -0.2) is 0 Å². The molecule has 2 rings (SSSR count). The van der Waals surface area contributed by atoms with E-state index >= 15 is 0 Å². The number of piperidine rings is 1. The molecule has 1 saturated carbocycles. The van der Waals surface area contributed by atoms with E-state index in [2.05, 4.69) is 4.90 Å². The van der Waals surface area contributed by atoms with E-state index in [0.29, 0.717) is 6.04 Å². The molecule has 2 heteroatoms. The van der Waals surface area contributed by atoms with Crippen molar-refractivity contribution in [3.63, 3.8) is 0 Å². The summed E-state index contributed by atoms with van der Waals surface area (Å²) in [6.07, 6.45) is 8.19. The molecular weight excluding hydrogens is 160 g/mol. The lowest BCUT2D eigenvalue weighted by molar-refractivity contribution is 0.196.